The minimum absolute atomic E-state index is 0.627. The lowest BCUT2D eigenvalue weighted by atomic mass is 10.0. The van der Waals surface area contributed by atoms with Crippen molar-refractivity contribution >= 4 is 11.8 Å². The van der Waals surface area contributed by atoms with Crippen molar-refractivity contribution in [3.63, 3.8) is 0 Å². The molecule has 0 spiro atoms. The summed E-state index contributed by atoms with van der Waals surface area (Å²) >= 11 is 1.54. The molecule has 0 saturated heterocycles. The smallest absolute Gasteiger partial charge is 0.195 e. The molecule has 0 aliphatic heterocycles. The highest BCUT2D eigenvalue weighted by Gasteiger charge is 2.23. The maximum Gasteiger partial charge on any atom is 0.195 e. The second-order valence-corrected chi connectivity index (χ2v) is 5.48. The van der Waals surface area contributed by atoms with Crippen LogP contribution in [0.2, 0.25) is 0 Å². The molecule has 1 aromatic carbocycles. The Morgan fingerprint density at radius 3 is 2.53 bits per heavy atom. The molecule has 1 aromatic heterocycles. The van der Waals surface area contributed by atoms with Crippen LogP contribution < -0.4 is 0 Å². The van der Waals surface area contributed by atoms with E-state index in [1.165, 1.54) is 0 Å². The topological polar surface area (TPSA) is 50.9 Å². The number of para-hydroxylation sites is 1. The predicted octanol–water partition coefficient (Wildman–Crippen LogP) is 2.91. The first-order chi connectivity index (χ1) is 9.18. The zero-order chi connectivity index (χ0) is 13.7. The molecule has 0 fully saturated rings. The molecule has 4 nitrogen and oxygen atoms in total. The van der Waals surface area contributed by atoms with Crippen LogP contribution in [0.3, 0.4) is 0 Å². The molecule has 0 unspecified atom stereocenters. The molecule has 0 saturated carbocycles. The number of aliphatic hydroxyl groups is 1. The zero-order valence-corrected chi connectivity index (χ0v) is 12.1. The van der Waals surface area contributed by atoms with Crippen LogP contribution in [0.15, 0.2) is 41.8 Å². The fourth-order valence-corrected chi connectivity index (χ4v) is 2.94. The van der Waals surface area contributed by atoms with Gasteiger partial charge in [0.25, 0.3) is 0 Å². The lowest BCUT2D eigenvalue weighted by molar-refractivity contribution is 0.0571. The van der Waals surface area contributed by atoms with Crippen LogP contribution in [0.25, 0.3) is 5.69 Å². The Labute approximate surface area is 117 Å². The molecule has 0 aliphatic carbocycles. The summed E-state index contributed by atoms with van der Waals surface area (Å²) in [6, 6.07) is 9.97. The Hall–Kier alpha value is -1.33. The summed E-state index contributed by atoms with van der Waals surface area (Å²) < 4.78 is 1.94. The highest BCUT2D eigenvalue weighted by atomic mass is 32.2. The molecule has 2 rings (SSSR count). The van der Waals surface area contributed by atoms with E-state index in [4.69, 9.17) is 0 Å². The van der Waals surface area contributed by atoms with Gasteiger partial charge in [-0.1, -0.05) is 43.8 Å². The van der Waals surface area contributed by atoms with Gasteiger partial charge in [0.05, 0.1) is 5.60 Å². The number of thioether (sulfide) groups is 1. The van der Waals surface area contributed by atoms with Gasteiger partial charge in [-0.15, -0.1) is 10.2 Å². The van der Waals surface area contributed by atoms with E-state index in [0.717, 1.165) is 23.7 Å². The van der Waals surface area contributed by atoms with E-state index in [1.54, 1.807) is 18.1 Å². The third-order valence-electron chi connectivity index (χ3n) is 3.34. The Kier molecular flexibility index (Phi) is 4.61. The molecule has 0 aliphatic rings. The summed E-state index contributed by atoms with van der Waals surface area (Å²) in [5.41, 5.74) is 0.407. The largest absolute Gasteiger partial charge is 0.389 e. The predicted molar refractivity (Wildman–Crippen MR) is 77.6 cm³/mol. The zero-order valence-electron chi connectivity index (χ0n) is 11.3. The van der Waals surface area contributed by atoms with Gasteiger partial charge >= 0.3 is 0 Å². The van der Waals surface area contributed by atoms with Crippen molar-refractivity contribution in [3.8, 4) is 5.69 Å². The van der Waals surface area contributed by atoms with Gasteiger partial charge in [-0.2, -0.15) is 0 Å². The monoisotopic (exact) mass is 277 g/mol. The molecule has 19 heavy (non-hydrogen) atoms. The third kappa shape index (κ3) is 3.36. The summed E-state index contributed by atoms with van der Waals surface area (Å²) in [6.07, 6.45) is 3.20. The maximum absolute atomic E-state index is 10.3. The van der Waals surface area contributed by atoms with E-state index in [2.05, 4.69) is 10.2 Å². The summed E-state index contributed by atoms with van der Waals surface area (Å²) in [4.78, 5) is 0. The lowest BCUT2D eigenvalue weighted by Crippen LogP contribution is -2.29. The maximum atomic E-state index is 10.3. The number of hydrogen-bond donors (Lipinski definition) is 1. The van der Waals surface area contributed by atoms with Crippen molar-refractivity contribution in [3.05, 3.63) is 36.7 Å². The van der Waals surface area contributed by atoms with Gasteiger partial charge in [0, 0.05) is 11.4 Å². The molecule has 1 N–H and O–H groups in total. The van der Waals surface area contributed by atoms with Crippen LogP contribution in [0.1, 0.15) is 26.7 Å². The fraction of sp³-hybridized carbons (Fsp3) is 0.429. The normalized spacial score (nSPS) is 11.7. The van der Waals surface area contributed by atoms with Crippen LogP contribution in [0.4, 0.5) is 0 Å². The first-order valence-electron chi connectivity index (χ1n) is 6.49. The van der Waals surface area contributed by atoms with Gasteiger partial charge in [0.2, 0.25) is 0 Å². The number of hydrogen-bond acceptors (Lipinski definition) is 4. The molecular formula is C14H19N3OS. The first kappa shape index (κ1) is 14.1. The quantitative estimate of drug-likeness (QED) is 0.825. The molecule has 1 heterocycles. The van der Waals surface area contributed by atoms with Crippen LogP contribution in [0, 0.1) is 0 Å². The Morgan fingerprint density at radius 2 is 1.89 bits per heavy atom. The van der Waals surface area contributed by atoms with Crippen molar-refractivity contribution in [2.45, 2.75) is 37.4 Å². The first-order valence-corrected chi connectivity index (χ1v) is 7.47. The summed E-state index contributed by atoms with van der Waals surface area (Å²) in [6.45, 7) is 4.01. The van der Waals surface area contributed by atoms with E-state index in [0.29, 0.717) is 5.75 Å². The minimum Gasteiger partial charge on any atom is -0.389 e. The molecule has 102 valence electrons. The van der Waals surface area contributed by atoms with Crippen molar-refractivity contribution in [2.24, 2.45) is 0 Å². The average molecular weight is 277 g/mol. The fourth-order valence-electron chi connectivity index (χ4n) is 1.74. The molecular weight excluding hydrogens is 258 g/mol. The van der Waals surface area contributed by atoms with Crippen LogP contribution in [-0.2, 0) is 0 Å². The number of nitrogens with zero attached hydrogens (tertiary/aromatic N) is 3. The summed E-state index contributed by atoms with van der Waals surface area (Å²) in [5, 5.41) is 19.2. The SMILES string of the molecule is CCC(O)(CC)CSc1nncn1-c1ccccc1. The molecule has 0 radical (unpaired) electrons. The minimum atomic E-state index is -0.627. The van der Waals surface area contributed by atoms with Gasteiger partial charge in [0.15, 0.2) is 5.16 Å². The van der Waals surface area contributed by atoms with Crippen molar-refractivity contribution in [1.82, 2.24) is 14.8 Å². The van der Waals surface area contributed by atoms with Crippen LogP contribution in [0.5, 0.6) is 0 Å². The Bertz CT molecular complexity index is 508. The van der Waals surface area contributed by atoms with Crippen LogP contribution in [-0.4, -0.2) is 31.2 Å². The molecule has 0 amide bonds. The van der Waals surface area contributed by atoms with Crippen molar-refractivity contribution in [2.75, 3.05) is 5.75 Å². The van der Waals surface area contributed by atoms with Gasteiger partial charge in [-0.05, 0) is 25.0 Å². The standard InChI is InChI=1S/C14H19N3OS/c1-3-14(18,4-2)10-19-13-16-15-11-17(13)12-8-6-5-7-9-12/h5-9,11,18H,3-4,10H2,1-2H3. The van der Waals surface area contributed by atoms with E-state index >= 15 is 0 Å². The number of aromatic nitrogens is 3. The molecule has 0 atom stereocenters. The van der Waals surface area contributed by atoms with Gasteiger partial charge in [0.1, 0.15) is 6.33 Å². The molecule has 5 heteroatoms. The second-order valence-electron chi connectivity index (χ2n) is 4.54. The number of rotatable bonds is 6. The second kappa shape index (κ2) is 6.21. The summed E-state index contributed by atoms with van der Waals surface area (Å²) in [5.74, 6) is 0.630. The number of benzene rings is 1. The van der Waals surface area contributed by atoms with E-state index < -0.39 is 5.60 Å². The third-order valence-corrected chi connectivity index (χ3v) is 4.56. The van der Waals surface area contributed by atoms with Crippen molar-refractivity contribution < 1.29 is 5.11 Å². The summed E-state index contributed by atoms with van der Waals surface area (Å²) in [7, 11) is 0. The highest BCUT2D eigenvalue weighted by Crippen LogP contribution is 2.26. The highest BCUT2D eigenvalue weighted by molar-refractivity contribution is 7.99. The van der Waals surface area contributed by atoms with Gasteiger partial charge in [-0.3, -0.25) is 4.57 Å². The van der Waals surface area contributed by atoms with Crippen LogP contribution >= 0.6 is 11.8 Å². The average Bonchev–Trinajstić information content (AvgIpc) is 2.94. The van der Waals surface area contributed by atoms with E-state index in [1.807, 2.05) is 48.7 Å². The molecule has 2 aromatic rings. The van der Waals surface area contributed by atoms with E-state index in [9.17, 15) is 5.11 Å². The van der Waals surface area contributed by atoms with Gasteiger partial charge < -0.3 is 5.11 Å². The molecule has 0 bridgehead atoms. The van der Waals surface area contributed by atoms with Gasteiger partial charge in [-0.25, -0.2) is 0 Å². The lowest BCUT2D eigenvalue weighted by Gasteiger charge is -2.24. The Balaban J connectivity index is 2.13. The van der Waals surface area contributed by atoms with Crippen molar-refractivity contribution in [1.29, 1.82) is 0 Å². The Morgan fingerprint density at radius 1 is 1.21 bits per heavy atom. The van der Waals surface area contributed by atoms with E-state index in [-0.39, 0.29) is 0 Å².